The monoisotopic (exact) mass is 612 g/mol. The largest absolute Gasteiger partial charge is 0.465 e. The average Bonchev–Trinajstić information content (AvgIpc) is 3.56. The molecule has 1 aliphatic carbocycles. The van der Waals surface area contributed by atoms with E-state index in [0.717, 1.165) is 10.5 Å². The van der Waals surface area contributed by atoms with Crippen molar-refractivity contribution in [1.29, 1.82) is 5.26 Å². The third kappa shape index (κ3) is 4.94. The molecule has 0 spiro atoms. The number of nitrogens with zero attached hydrogens (tertiary/aromatic N) is 5. The van der Waals surface area contributed by atoms with Crippen molar-refractivity contribution >= 4 is 27.7 Å². The second-order valence-corrected chi connectivity index (χ2v) is 15.4. The second-order valence-electron chi connectivity index (χ2n) is 12.5. The summed E-state index contributed by atoms with van der Waals surface area (Å²) >= 11 is 0. The number of benzene rings is 1. The maximum absolute atomic E-state index is 14.2. The number of hydrogen-bond acceptors (Lipinski definition) is 8. The topological polar surface area (TPSA) is 175 Å². The van der Waals surface area contributed by atoms with Crippen molar-refractivity contribution in [3.63, 3.8) is 0 Å². The van der Waals surface area contributed by atoms with Crippen LogP contribution >= 0.6 is 0 Å². The molecule has 1 atom stereocenters. The lowest BCUT2D eigenvalue weighted by Crippen LogP contribution is -2.61. The predicted octanol–water partition coefficient (Wildman–Crippen LogP) is 2.06. The van der Waals surface area contributed by atoms with E-state index in [1.807, 2.05) is 6.07 Å². The SMILES string of the molecule is Cn1nc(C(=O)NCc2ccc(C#N)cc2)c2c1C(=O)N(CC1(S(=O)(=O)C(C)(C)C3COC(C)(C)N3C(=O)O)CC1)CC2. The summed E-state index contributed by atoms with van der Waals surface area (Å²) in [5, 5.41) is 26.0. The Labute approximate surface area is 250 Å². The van der Waals surface area contributed by atoms with Gasteiger partial charge in [-0.15, -0.1) is 0 Å². The van der Waals surface area contributed by atoms with Gasteiger partial charge in [0.2, 0.25) is 0 Å². The number of carboxylic acid groups (broad SMARTS) is 1. The minimum Gasteiger partial charge on any atom is -0.465 e. The molecule has 1 aromatic carbocycles. The van der Waals surface area contributed by atoms with Gasteiger partial charge in [0.25, 0.3) is 11.8 Å². The lowest BCUT2D eigenvalue weighted by atomic mass is 10.0. The Kier molecular flexibility index (Phi) is 7.33. The molecule has 1 saturated heterocycles. The molecule has 230 valence electrons. The summed E-state index contributed by atoms with van der Waals surface area (Å²) < 4.78 is 32.8. The number of carbonyl (C=O) groups excluding carboxylic acids is 2. The Morgan fingerprint density at radius 2 is 1.88 bits per heavy atom. The molecule has 2 N–H and O–H groups in total. The quantitative estimate of drug-likeness (QED) is 0.452. The van der Waals surface area contributed by atoms with Gasteiger partial charge in [0.1, 0.15) is 11.4 Å². The highest BCUT2D eigenvalue weighted by molar-refractivity contribution is 7.94. The van der Waals surface area contributed by atoms with Crippen molar-refractivity contribution in [3.05, 3.63) is 52.3 Å². The molecule has 0 bridgehead atoms. The van der Waals surface area contributed by atoms with Crippen LogP contribution in [-0.4, -0.2) is 92.0 Å². The van der Waals surface area contributed by atoms with E-state index in [1.54, 1.807) is 45.2 Å². The van der Waals surface area contributed by atoms with Crippen molar-refractivity contribution in [1.82, 2.24) is 24.9 Å². The highest BCUT2D eigenvalue weighted by Gasteiger charge is 2.65. The van der Waals surface area contributed by atoms with Crippen LogP contribution in [0.1, 0.15) is 78.2 Å². The Morgan fingerprint density at radius 1 is 1.23 bits per heavy atom. The lowest BCUT2D eigenvalue weighted by Gasteiger charge is -2.41. The van der Waals surface area contributed by atoms with Crippen LogP contribution in [0.15, 0.2) is 24.3 Å². The van der Waals surface area contributed by atoms with Gasteiger partial charge in [0.15, 0.2) is 15.5 Å². The maximum atomic E-state index is 14.2. The average molecular weight is 613 g/mol. The van der Waals surface area contributed by atoms with Crippen molar-refractivity contribution in [2.75, 3.05) is 19.7 Å². The van der Waals surface area contributed by atoms with Gasteiger partial charge in [-0.25, -0.2) is 13.2 Å². The Morgan fingerprint density at radius 3 is 2.47 bits per heavy atom. The molecule has 1 saturated carbocycles. The molecule has 14 heteroatoms. The number of sulfone groups is 1. The molecular formula is C29H36N6O7S. The third-order valence-electron chi connectivity index (χ3n) is 9.06. The highest BCUT2D eigenvalue weighted by atomic mass is 32.2. The molecule has 2 aliphatic heterocycles. The fraction of sp³-hybridized carbons (Fsp3) is 0.552. The number of amides is 3. The van der Waals surface area contributed by atoms with Crippen LogP contribution in [-0.2, 0) is 34.6 Å². The smallest absolute Gasteiger partial charge is 0.409 e. The summed E-state index contributed by atoms with van der Waals surface area (Å²) in [5.41, 5.74) is 1.04. The van der Waals surface area contributed by atoms with Crippen molar-refractivity contribution < 1.29 is 32.6 Å². The maximum Gasteiger partial charge on any atom is 0.409 e. The van der Waals surface area contributed by atoms with E-state index in [-0.39, 0.29) is 37.6 Å². The first-order valence-electron chi connectivity index (χ1n) is 14.1. The zero-order chi connectivity index (χ0) is 31.5. The number of rotatable bonds is 8. The van der Waals surface area contributed by atoms with Crippen LogP contribution in [0.3, 0.4) is 0 Å². The summed E-state index contributed by atoms with van der Waals surface area (Å²) in [6.45, 7) is 6.60. The number of hydrogen-bond donors (Lipinski definition) is 2. The zero-order valence-corrected chi connectivity index (χ0v) is 25.7. The van der Waals surface area contributed by atoms with Crippen LogP contribution in [0.4, 0.5) is 4.79 Å². The zero-order valence-electron chi connectivity index (χ0n) is 24.9. The first-order chi connectivity index (χ1) is 20.1. The number of nitrogens with one attached hydrogen (secondary N) is 1. The normalized spacial score (nSPS) is 20.8. The third-order valence-corrected chi connectivity index (χ3v) is 12.4. The molecule has 3 aliphatic rings. The first-order valence-corrected chi connectivity index (χ1v) is 15.6. The van der Waals surface area contributed by atoms with E-state index in [4.69, 9.17) is 10.00 Å². The lowest BCUT2D eigenvalue weighted by molar-refractivity contribution is -0.0427. The van der Waals surface area contributed by atoms with Gasteiger partial charge in [-0.3, -0.25) is 19.2 Å². The van der Waals surface area contributed by atoms with Crippen LogP contribution < -0.4 is 5.32 Å². The molecule has 43 heavy (non-hydrogen) atoms. The minimum absolute atomic E-state index is 0.0352. The fourth-order valence-corrected chi connectivity index (χ4v) is 8.89. The number of fused-ring (bicyclic) bond motifs is 1. The summed E-state index contributed by atoms with van der Waals surface area (Å²) in [6, 6.07) is 7.94. The van der Waals surface area contributed by atoms with E-state index in [2.05, 4.69) is 10.4 Å². The first kappa shape index (κ1) is 30.5. The molecule has 5 rings (SSSR count). The molecule has 13 nitrogen and oxygen atoms in total. The van der Waals surface area contributed by atoms with E-state index in [1.165, 1.54) is 23.4 Å². The standard InChI is InChI=1S/C29H36N6O7S/c1-27(2,21-16-42-28(3,4)35(21)26(38)39)43(40,41)29(11-12-29)17-34-13-10-20-22(32-33(5)23(20)25(34)37)24(36)31-15-19-8-6-18(14-30)7-9-19/h6-9,21H,10-13,15-17H2,1-5H3,(H,31,36)(H,38,39). The summed E-state index contributed by atoms with van der Waals surface area (Å²) in [6.07, 6.45) is -0.222. The van der Waals surface area contributed by atoms with Crippen LogP contribution in [0.2, 0.25) is 0 Å². The van der Waals surface area contributed by atoms with Crippen molar-refractivity contribution in [2.24, 2.45) is 7.05 Å². The van der Waals surface area contributed by atoms with E-state index < -0.39 is 49.0 Å². The van der Waals surface area contributed by atoms with Gasteiger partial charge < -0.3 is 20.1 Å². The summed E-state index contributed by atoms with van der Waals surface area (Å²) in [7, 11) is -2.39. The summed E-state index contributed by atoms with van der Waals surface area (Å²) in [5.74, 6) is -0.839. The highest BCUT2D eigenvalue weighted by Crippen LogP contribution is 2.51. The minimum atomic E-state index is -3.97. The van der Waals surface area contributed by atoms with Gasteiger partial charge in [0, 0.05) is 32.2 Å². The molecular weight excluding hydrogens is 576 g/mol. The fourth-order valence-electron chi connectivity index (χ4n) is 6.28. The van der Waals surface area contributed by atoms with Gasteiger partial charge >= 0.3 is 6.09 Å². The van der Waals surface area contributed by atoms with Crippen LogP contribution in [0, 0.1) is 11.3 Å². The van der Waals surface area contributed by atoms with Gasteiger partial charge in [0.05, 0.1) is 33.8 Å². The molecule has 2 aromatic rings. The van der Waals surface area contributed by atoms with E-state index in [9.17, 15) is 27.9 Å². The molecule has 0 radical (unpaired) electrons. The van der Waals surface area contributed by atoms with Crippen LogP contribution in [0.5, 0.6) is 0 Å². The number of carbonyl (C=O) groups is 3. The molecule has 2 fully saturated rings. The van der Waals surface area contributed by atoms with Crippen LogP contribution in [0.25, 0.3) is 0 Å². The number of aryl methyl sites for hydroxylation is 1. The Hall–Kier alpha value is -3.96. The number of nitriles is 1. The molecule has 3 heterocycles. The molecule has 1 unspecified atom stereocenters. The van der Waals surface area contributed by atoms with E-state index in [0.29, 0.717) is 30.4 Å². The van der Waals surface area contributed by atoms with E-state index >= 15 is 0 Å². The number of ether oxygens (including phenoxy) is 1. The Balaban J connectivity index is 1.33. The van der Waals surface area contributed by atoms with Gasteiger partial charge in [-0.1, -0.05) is 12.1 Å². The molecule has 1 aromatic heterocycles. The molecule has 3 amide bonds. The van der Waals surface area contributed by atoms with Crippen molar-refractivity contribution in [2.45, 2.75) is 74.8 Å². The van der Waals surface area contributed by atoms with Gasteiger partial charge in [-0.2, -0.15) is 10.4 Å². The summed E-state index contributed by atoms with van der Waals surface area (Å²) in [4.78, 5) is 41.4. The van der Waals surface area contributed by atoms with Gasteiger partial charge in [-0.05, 0) is 64.7 Å². The Bertz CT molecular complexity index is 1630. The second kappa shape index (κ2) is 10.3. The predicted molar refractivity (Wildman–Crippen MR) is 154 cm³/mol. The van der Waals surface area contributed by atoms with Crippen molar-refractivity contribution in [3.8, 4) is 6.07 Å². The number of aromatic nitrogens is 2.